The van der Waals surface area contributed by atoms with Crippen molar-refractivity contribution in [1.29, 1.82) is 0 Å². The Hall–Kier alpha value is -0.120. The van der Waals surface area contributed by atoms with E-state index < -0.39 is 0 Å². The maximum absolute atomic E-state index is 8.94. The molecule has 72 valence electrons. The van der Waals surface area contributed by atoms with Gasteiger partial charge in [0.2, 0.25) is 0 Å². The van der Waals surface area contributed by atoms with Crippen molar-refractivity contribution in [2.45, 2.75) is 25.9 Å². The Balaban J connectivity index is 1.98. The largest absolute Gasteiger partial charge is 0.391 e. The molecule has 1 aliphatic rings. The van der Waals surface area contributed by atoms with Gasteiger partial charge in [-0.15, -0.1) is 0 Å². The van der Waals surface area contributed by atoms with Crippen molar-refractivity contribution in [3.63, 3.8) is 0 Å². The van der Waals surface area contributed by atoms with E-state index in [9.17, 15) is 0 Å². The van der Waals surface area contributed by atoms with Gasteiger partial charge in [-0.25, -0.2) is 0 Å². The van der Waals surface area contributed by atoms with Gasteiger partial charge < -0.3 is 15.2 Å². The maximum Gasteiger partial charge on any atom is 0.0745 e. The topological polar surface area (TPSA) is 41.5 Å². The molecule has 2 N–H and O–H groups in total. The van der Waals surface area contributed by atoms with Gasteiger partial charge in [-0.1, -0.05) is 0 Å². The van der Waals surface area contributed by atoms with Crippen molar-refractivity contribution in [1.82, 2.24) is 5.32 Å². The number of nitrogens with one attached hydrogen (secondary N) is 1. The SMILES string of the molecule is CC(O)COCC1CCCNC1. The van der Waals surface area contributed by atoms with Crippen molar-refractivity contribution >= 4 is 0 Å². The summed E-state index contributed by atoms with van der Waals surface area (Å²) in [5.74, 6) is 0.650. The first kappa shape index (κ1) is 9.96. The Labute approximate surface area is 74.1 Å². The molecule has 0 bridgehead atoms. The zero-order valence-corrected chi connectivity index (χ0v) is 7.75. The molecule has 0 aromatic heterocycles. The molecule has 0 saturated carbocycles. The van der Waals surface area contributed by atoms with Crippen molar-refractivity contribution in [2.75, 3.05) is 26.3 Å². The molecule has 0 aromatic carbocycles. The molecule has 3 heteroatoms. The summed E-state index contributed by atoms with van der Waals surface area (Å²) in [7, 11) is 0. The molecule has 0 aliphatic carbocycles. The summed E-state index contributed by atoms with van der Waals surface area (Å²) in [6, 6.07) is 0. The van der Waals surface area contributed by atoms with Crippen LogP contribution in [0.25, 0.3) is 0 Å². The third kappa shape index (κ3) is 4.04. The Morgan fingerprint density at radius 3 is 3.08 bits per heavy atom. The average molecular weight is 173 g/mol. The minimum atomic E-state index is -0.332. The summed E-state index contributed by atoms with van der Waals surface area (Å²) in [5, 5.41) is 12.3. The second kappa shape index (κ2) is 5.51. The number of aliphatic hydroxyl groups excluding tert-OH is 1. The predicted molar refractivity (Wildman–Crippen MR) is 48.1 cm³/mol. The number of ether oxygens (including phenoxy) is 1. The molecule has 0 spiro atoms. The van der Waals surface area contributed by atoms with E-state index in [4.69, 9.17) is 9.84 Å². The number of hydrogen-bond donors (Lipinski definition) is 2. The summed E-state index contributed by atoms with van der Waals surface area (Å²) < 4.78 is 5.34. The second-order valence-electron chi connectivity index (χ2n) is 3.60. The lowest BCUT2D eigenvalue weighted by atomic mass is 10.0. The smallest absolute Gasteiger partial charge is 0.0745 e. The maximum atomic E-state index is 8.94. The Kier molecular flexibility index (Phi) is 4.58. The Morgan fingerprint density at radius 1 is 1.67 bits per heavy atom. The van der Waals surface area contributed by atoms with Crippen molar-refractivity contribution in [3.8, 4) is 0 Å². The van der Waals surface area contributed by atoms with E-state index in [1.165, 1.54) is 12.8 Å². The second-order valence-corrected chi connectivity index (χ2v) is 3.60. The van der Waals surface area contributed by atoms with Crippen LogP contribution in [0.1, 0.15) is 19.8 Å². The van der Waals surface area contributed by atoms with Crippen LogP contribution in [0.2, 0.25) is 0 Å². The zero-order valence-electron chi connectivity index (χ0n) is 7.75. The van der Waals surface area contributed by atoms with Crippen LogP contribution < -0.4 is 5.32 Å². The lowest BCUT2D eigenvalue weighted by Gasteiger charge is -2.22. The summed E-state index contributed by atoms with van der Waals surface area (Å²) in [5.41, 5.74) is 0. The van der Waals surface area contributed by atoms with Gasteiger partial charge in [0.15, 0.2) is 0 Å². The van der Waals surface area contributed by atoms with E-state index in [0.717, 1.165) is 19.7 Å². The highest BCUT2D eigenvalue weighted by atomic mass is 16.5. The number of hydrogen-bond acceptors (Lipinski definition) is 3. The van der Waals surface area contributed by atoms with Crippen LogP contribution in [-0.4, -0.2) is 37.5 Å². The molecule has 2 unspecified atom stereocenters. The van der Waals surface area contributed by atoms with Gasteiger partial charge in [0.05, 0.1) is 19.3 Å². The number of piperidine rings is 1. The minimum absolute atomic E-state index is 0.332. The van der Waals surface area contributed by atoms with Gasteiger partial charge in [-0.3, -0.25) is 0 Å². The third-order valence-corrected chi connectivity index (χ3v) is 2.11. The van der Waals surface area contributed by atoms with E-state index in [1.54, 1.807) is 6.92 Å². The highest BCUT2D eigenvalue weighted by molar-refractivity contribution is 4.68. The van der Waals surface area contributed by atoms with Crippen LogP contribution in [0.5, 0.6) is 0 Å². The highest BCUT2D eigenvalue weighted by Gasteiger charge is 2.12. The zero-order chi connectivity index (χ0) is 8.81. The molecule has 0 radical (unpaired) electrons. The molecule has 1 aliphatic heterocycles. The van der Waals surface area contributed by atoms with E-state index in [2.05, 4.69) is 5.32 Å². The monoisotopic (exact) mass is 173 g/mol. The molecule has 12 heavy (non-hydrogen) atoms. The Morgan fingerprint density at radius 2 is 2.50 bits per heavy atom. The first-order chi connectivity index (χ1) is 5.79. The highest BCUT2D eigenvalue weighted by Crippen LogP contribution is 2.09. The first-order valence-corrected chi connectivity index (χ1v) is 4.75. The molecule has 1 rings (SSSR count). The molecular formula is C9H19NO2. The first-order valence-electron chi connectivity index (χ1n) is 4.75. The number of aliphatic hydroxyl groups is 1. The fraction of sp³-hybridized carbons (Fsp3) is 1.00. The molecular weight excluding hydrogens is 154 g/mol. The third-order valence-electron chi connectivity index (χ3n) is 2.11. The van der Waals surface area contributed by atoms with E-state index in [0.29, 0.717) is 12.5 Å². The fourth-order valence-electron chi connectivity index (χ4n) is 1.47. The van der Waals surface area contributed by atoms with Gasteiger partial charge in [0.1, 0.15) is 0 Å². The predicted octanol–water partition coefficient (Wildman–Crippen LogP) is 0.383. The van der Waals surface area contributed by atoms with Crippen LogP contribution in [0.3, 0.4) is 0 Å². The standard InChI is InChI=1S/C9H19NO2/c1-8(11)6-12-7-9-3-2-4-10-5-9/h8-11H,2-7H2,1H3. The van der Waals surface area contributed by atoms with E-state index >= 15 is 0 Å². The van der Waals surface area contributed by atoms with Gasteiger partial charge in [0, 0.05) is 6.54 Å². The van der Waals surface area contributed by atoms with Gasteiger partial charge in [-0.2, -0.15) is 0 Å². The molecule has 1 fully saturated rings. The molecule has 2 atom stereocenters. The summed E-state index contributed by atoms with van der Waals surface area (Å²) in [6.07, 6.45) is 2.18. The number of rotatable bonds is 4. The quantitative estimate of drug-likeness (QED) is 0.646. The van der Waals surface area contributed by atoms with Crippen molar-refractivity contribution in [2.24, 2.45) is 5.92 Å². The lowest BCUT2D eigenvalue weighted by molar-refractivity contribution is 0.0253. The van der Waals surface area contributed by atoms with Crippen LogP contribution >= 0.6 is 0 Å². The summed E-state index contributed by atoms with van der Waals surface area (Å²) >= 11 is 0. The van der Waals surface area contributed by atoms with Gasteiger partial charge in [-0.05, 0) is 32.2 Å². The van der Waals surface area contributed by atoms with Crippen LogP contribution in [-0.2, 0) is 4.74 Å². The van der Waals surface area contributed by atoms with E-state index in [-0.39, 0.29) is 6.10 Å². The van der Waals surface area contributed by atoms with Gasteiger partial charge in [0.25, 0.3) is 0 Å². The summed E-state index contributed by atoms with van der Waals surface area (Å²) in [6.45, 7) is 5.22. The Bertz CT molecular complexity index is 111. The van der Waals surface area contributed by atoms with E-state index in [1.807, 2.05) is 0 Å². The normalized spacial score (nSPS) is 27.0. The van der Waals surface area contributed by atoms with Crippen LogP contribution in [0, 0.1) is 5.92 Å². The molecule has 1 heterocycles. The average Bonchev–Trinajstić information content (AvgIpc) is 2.05. The van der Waals surface area contributed by atoms with Gasteiger partial charge >= 0.3 is 0 Å². The summed E-state index contributed by atoms with van der Waals surface area (Å²) in [4.78, 5) is 0. The van der Waals surface area contributed by atoms with Crippen molar-refractivity contribution < 1.29 is 9.84 Å². The molecule has 0 amide bonds. The molecule has 3 nitrogen and oxygen atoms in total. The van der Waals surface area contributed by atoms with Crippen LogP contribution in [0.4, 0.5) is 0 Å². The fourth-order valence-corrected chi connectivity index (χ4v) is 1.47. The van der Waals surface area contributed by atoms with Crippen LogP contribution in [0.15, 0.2) is 0 Å². The molecule has 0 aromatic rings. The molecule has 1 saturated heterocycles. The van der Waals surface area contributed by atoms with Crippen molar-refractivity contribution in [3.05, 3.63) is 0 Å². The lowest BCUT2D eigenvalue weighted by Crippen LogP contribution is -2.32. The minimum Gasteiger partial charge on any atom is -0.391 e.